The van der Waals surface area contributed by atoms with E-state index in [1.807, 2.05) is 96.7 Å². The number of aliphatic hydroxyl groups is 1. The van der Waals surface area contributed by atoms with E-state index in [1.54, 1.807) is 18.0 Å². The Morgan fingerprint density at radius 2 is 1.67 bits per heavy atom. The summed E-state index contributed by atoms with van der Waals surface area (Å²) in [5.74, 6) is 0.457. The molecule has 7 rings (SSSR count). The highest BCUT2D eigenvalue weighted by atomic mass is 32.2. The van der Waals surface area contributed by atoms with Gasteiger partial charge in [0.25, 0.3) is 5.91 Å². The lowest BCUT2D eigenvalue weighted by atomic mass is 9.97. The maximum absolute atomic E-state index is 13.0. The van der Waals surface area contributed by atoms with Gasteiger partial charge in [-0.1, -0.05) is 96.7 Å². The third-order valence-corrected chi connectivity index (χ3v) is 9.61. The van der Waals surface area contributed by atoms with Gasteiger partial charge in [0.15, 0.2) is 11.4 Å². The second-order valence-corrected chi connectivity index (χ2v) is 12.7. The summed E-state index contributed by atoms with van der Waals surface area (Å²) in [6, 6.07) is 31.6. The molecule has 0 saturated carbocycles. The van der Waals surface area contributed by atoms with Crippen LogP contribution in [0.5, 0.6) is 0 Å². The van der Waals surface area contributed by atoms with Crippen molar-refractivity contribution in [3.8, 4) is 11.1 Å². The zero-order valence-electron chi connectivity index (χ0n) is 26.4. The van der Waals surface area contributed by atoms with E-state index in [4.69, 9.17) is 9.47 Å². The molecule has 1 aliphatic heterocycles. The summed E-state index contributed by atoms with van der Waals surface area (Å²) in [6.07, 6.45) is 5.16. The fourth-order valence-corrected chi connectivity index (χ4v) is 6.74. The van der Waals surface area contributed by atoms with Crippen LogP contribution in [0.15, 0.2) is 121 Å². The van der Waals surface area contributed by atoms with Gasteiger partial charge in [0.05, 0.1) is 36.0 Å². The summed E-state index contributed by atoms with van der Waals surface area (Å²) in [6.45, 7) is 0.341. The molecular formula is C38H35N5O4S. The molecule has 4 aromatic carbocycles. The van der Waals surface area contributed by atoms with Gasteiger partial charge in [0.1, 0.15) is 5.69 Å². The van der Waals surface area contributed by atoms with Crippen LogP contribution < -0.4 is 5.32 Å². The van der Waals surface area contributed by atoms with Crippen molar-refractivity contribution in [1.29, 1.82) is 0 Å². The molecule has 3 atom stereocenters. The summed E-state index contributed by atoms with van der Waals surface area (Å²) in [4.78, 5) is 26.3. The van der Waals surface area contributed by atoms with E-state index in [1.165, 1.54) is 6.20 Å². The van der Waals surface area contributed by atoms with Crippen molar-refractivity contribution in [1.82, 2.24) is 24.8 Å². The van der Waals surface area contributed by atoms with Gasteiger partial charge in [-0.2, -0.15) is 0 Å². The highest BCUT2D eigenvalue weighted by Gasteiger charge is 2.32. The number of ether oxygens (including phenoxy) is 2. The van der Waals surface area contributed by atoms with Crippen LogP contribution in [0.4, 0.5) is 0 Å². The number of rotatable bonds is 10. The first-order chi connectivity index (χ1) is 23.5. The Morgan fingerprint density at radius 1 is 0.917 bits per heavy atom. The van der Waals surface area contributed by atoms with Gasteiger partial charge in [-0.05, 0) is 39.9 Å². The Balaban J connectivity index is 1.07. The molecule has 10 heteroatoms. The summed E-state index contributed by atoms with van der Waals surface area (Å²) in [7, 11) is 1.99. The number of benzene rings is 4. The minimum atomic E-state index is -0.556. The number of amides is 1. The SMILES string of the molecule is Cn1ccnc1SC[C@H]1C[C@@H](c2ccc(CO)cc2)O[C@@H](c2ccc(-c3ccccc3CNC(=O)c3cnc4ccccc4n3)cc2)O1. The minimum absolute atomic E-state index is 0.00144. The average Bonchev–Trinajstić information content (AvgIpc) is 3.57. The number of carbonyl (C=O) groups is 1. The van der Waals surface area contributed by atoms with E-state index in [2.05, 4.69) is 38.5 Å². The van der Waals surface area contributed by atoms with Crippen LogP contribution in [0.1, 0.15) is 51.6 Å². The fraction of sp³-hybridized carbons (Fsp3) is 0.211. The van der Waals surface area contributed by atoms with Crippen molar-refractivity contribution < 1.29 is 19.4 Å². The Morgan fingerprint density at radius 3 is 2.44 bits per heavy atom. The highest BCUT2D eigenvalue weighted by Crippen LogP contribution is 2.40. The predicted octanol–water partition coefficient (Wildman–Crippen LogP) is 6.79. The van der Waals surface area contributed by atoms with Crippen molar-refractivity contribution in [3.63, 3.8) is 0 Å². The molecule has 0 unspecified atom stereocenters. The number of imidazole rings is 1. The second kappa shape index (κ2) is 14.5. The number of fused-ring (bicyclic) bond motifs is 1. The van der Waals surface area contributed by atoms with Crippen molar-refractivity contribution in [2.75, 3.05) is 5.75 Å². The van der Waals surface area contributed by atoms with Gasteiger partial charge >= 0.3 is 0 Å². The Labute approximate surface area is 283 Å². The molecule has 6 aromatic rings. The smallest absolute Gasteiger partial charge is 0.271 e. The number of thioether (sulfide) groups is 1. The van der Waals surface area contributed by atoms with Gasteiger partial charge in [-0.3, -0.25) is 9.78 Å². The van der Waals surface area contributed by atoms with E-state index >= 15 is 0 Å². The number of nitrogens with zero attached hydrogens (tertiary/aromatic N) is 4. The van der Waals surface area contributed by atoms with E-state index in [-0.39, 0.29) is 30.4 Å². The molecule has 48 heavy (non-hydrogen) atoms. The standard InChI is InChI=1S/C38H35N5O4S/c1-43-19-18-39-38(43)48-24-30-20-35(27-12-10-25(23-44)11-13-27)47-37(46-30)28-16-14-26(15-17-28)31-7-3-2-6-29(31)21-41-36(45)34-22-40-32-8-4-5-9-33(32)42-34/h2-19,22,30,35,37,44H,20-21,23-24H2,1H3,(H,41,45)/t30-,35+,37+/m1/s1. The predicted molar refractivity (Wildman–Crippen MR) is 185 cm³/mol. The van der Waals surface area contributed by atoms with Crippen molar-refractivity contribution >= 4 is 28.7 Å². The first kappa shape index (κ1) is 31.7. The molecular weight excluding hydrogens is 623 g/mol. The minimum Gasteiger partial charge on any atom is -0.392 e. The van der Waals surface area contributed by atoms with Crippen LogP contribution >= 0.6 is 11.8 Å². The summed E-state index contributed by atoms with van der Waals surface area (Å²) < 4.78 is 15.1. The number of aliphatic hydroxyl groups excluding tert-OH is 1. The van der Waals surface area contributed by atoms with Gasteiger partial charge in [-0.25, -0.2) is 9.97 Å². The lowest BCUT2D eigenvalue weighted by molar-refractivity contribution is -0.245. The second-order valence-electron chi connectivity index (χ2n) is 11.7. The van der Waals surface area contributed by atoms with Gasteiger partial charge in [0, 0.05) is 43.7 Å². The number of nitrogens with one attached hydrogen (secondary N) is 1. The molecule has 0 spiro atoms. The monoisotopic (exact) mass is 657 g/mol. The van der Waals surface area contributed by atoms with Crippen LogP contribution in [0.25, 0.3) is 22.2 Å². The zero-order valence-corrected chi connectivity index (χ0v) is 27.2. The Bertz CT molecular complexity index is 2010. The molecule has 2 aromatic heterocycles. The first-order valence-electron chi connectivity index (χ1n) is 15.8. The Kier molecular flexibility index (Phi) is 9.57. The van der Waals surface area contributed by atoms with Crippen LogP contribution in [0.3, 0.4) is 0 Å². The number of aromatic nitrogens is 4. The molecule has 1 amide bonds. The average molecular weight is 658 g/mol. The molecule has 0 aliphatic carbocycles. The number of hydrogen-bond donors (Lipinski definition) is 2. The lowest BCUT2D eigenvalue weighted by Gasteiger charge is -2.36. The maximum atomic E-state index is 13.0. The van der Waals surface area contributed by atoms with Crippen LogP contribution in [-0.2, 0) is 29.7 Å². The van der Waals surface area contributed by atoms with Gasteiger partial charge in [-0.15, -0.1) is 0 Å². The van der Waals surface area contributed by atoms with E-state index in [0.29, 0.717) is 18.5 Å². The summed E-state index contributed by atoms with van der Waals surface area (Å²) in [5.41, 5.74) is 7.56. The molecule has 0 bridgehead atoms. The topological polar surface area (TPSA) is 111 Å². The first-order valence-corrected chi connectivity index (χ1v) is 16.8. The molecule has 1 saturated heterocycles. The molecule has 242 valence electrons. The molecule has 3 heterocycles. The molecule has 9 nitrogen and oxygen atoms in total. The number of hydrogen-bond acceptors (Lipinski definition) is 8. The third kappa shape index (κ3) is 7.17. The number of para-hydroxylation sites is 2. The fourth-order valence-electron chi connectivity index (χ4n) is 5.79. The summed E-state index contributed by atoms with van der Waals surface area (Å²) in [5, 5.41) is 13.5. The van der Waals surface area contributed by atoms with Crippen LogP contribution in [0, 0.1) is 0 Å². The summed E-state index contributed by atoms with van der Waals surface area (Å²) >= 11 is 1.67. The van der Waals surface area contributed by atoms with Crippen LogP contribution in [-0.4, -0.2) is 42.4 Å². The van der Waals surface area contributed by atoms with E-state index in [9.17, 15) is 9.90 Å². The molecule has 2 N–H and O–H groups in total. The Hall–Kier alpha value is -4.87. The van der Waals surface area contributed by atoms with Crippen molar-refractivity contribution in [3.05, 3.63) is 144 Å². The van der Waals surface area contributed by atoms with E-state index in [0.717, 1.165) is 49.8 Å². The zero-order chi connectivity index (χ0) is 32.9. The number of carbonyl (C=O) groups excluding carboxylic acids is 1. The van der Waals surface area contributed by atoms with Crippen LogP contribution in [0.2, 0.25) is 0 Å². The third-order valence-electron chi connectivity index (χ3n) is 8.42. The van der Waals surface area contributed by atoms with Gasteiger partial charge in [0.2, 0.25) is 0 Å². The van der Waals surface area contributed by atoms with Gasteiger partial charge < -0.3 is 24.5 Å². The van der Waals surface area contributed by atoms with Crippen molar-refractivity contribution in [2.24, 2.45) is 7.05 Å². The molecule has 0 radical (unpaired) electrons. The molecule has 1 fully saturated rings. The largest absolute Gasteiger partial charge is 0.392 e. The maximum Gasteiger partial charge on any atom is 0.271 e. The number of aryl methyl sites for hydroxylation is 1. The van der Waals surface area contributed by atoms with Crippen molar-refractivity contribution in [2.45, 2.75) is 43.2 Å². The normalized spacial score (nSPS) is 17.8. The highest BCUT2D eigenvalue weighted by molar-refractivity contribution is 7.99. The van der Waals surface area contributed by atoms with E-state index < -0.39 is 6.29 Å². The quantitative estimate of drug-likeness (QED) is 0.155. The lowest BCUT2D eigenvalue weighted by Crippen LogP contribution is -2.31. The molecule has 1 aliphatic rings.